The summed E-state index contributed by atoms with van der Waals surface area (Å²) in [6.45, 7) is 9.72. The van der Waals surface area contributed by atoms with Gasteiger partial charge in [0.1, 0.15) is 18.3 Å². The summed E-state index contributed by atoms with van der Waals surface area (Å²) < 4.78 is 34.3. The number of aryl methyl sites for hydroxylation is 1. The molecule has 0 unspecified atom stereocenters. The van der Waals surface area contributed by atoms with Crippen LogP contribution in [0.3, 0.4) is 0 Å². The molecule has 0 aromatic heterocycles. The van der Waals surface area contributed by atoms with Gasteiger partial charge in [-0.25, -0.2) is 8.42 Å². The predicted octanol–water partition coefficient (Wildman–Crippen LogP) is 5.27. The van der Waals surface area contributed by atoms with E-state index in [1.807, 2.05) is 38.1 Å². The monoisotopic (exact) mass is 579 g/mol. The molecule has 0 radical (unpaired) electrons. The van der Waals surface area contributed by atoms with Crippen molar-refractivity contribution in [2.45, 2.75) is 64.4 Å². The second kappa shape index (κ2) is 14.2. The van der Waals surface area contributed by atoms with Gasteiger partial charge in [-0.05, 0) is 73.7 Å². The molecule has 0 fully saturated rings. The highest BCUT2D eigenvalue weighted by molar-refractivity contribution is 7.92. The van der Waals surface area contributed by atoms with Gasteiger partial charge in [0, 0.05) is 13.1 Å². The van der Waals surface area contributed by atoms with Crippen molar-refractivity contribution >= 4 is 27.5 Å². The lowest BCUT2D eigenvalue weighted by molar-refractivity contribution is -0.139. The van der Waals surface area contributed by atoms with Crippen LogP contribution in [0.5, 0.6) is 5.75 Å². The molecule has 0 saturated heterocycles. The SMILES string of the molecule is CCCNC(=O)[C@@H](C)N(Cc1ccc(OC)cc1)C(=O)CN(c1ccc(C(C)C)cc1)S(=O)(=O)c1ccc(C)cc1. The molecule has 0 saturated carbocycles. The maximum atomic E-state index is 14.0. The van der Waals surface area contributed by atoms with E-state index in [2.05, 4.69) is 19.2 Å². The Morgan fingerprint density at radius 1 is 0.902 bits per heavy atom. The van der Waals surface area contributed by atoms with E-state index in [1.165, 1.54) is 4.90 Å². The average molecular weight is 580 g/mol. The van der Waals surface area contributed by atoms with Crippen molar-refractivity contribution in [3.63, 3.8) is 0 Å². The van der Waals surface area contributed by atoms with E-state index in [4.69, 9.17) is 4.74 Å². The van der Waals surface area contributed by atoms with E-state index in [0.29, 0.717) is 18.0 Å². The van der Waals surface area contributed by atoms with Gasteiger partial charge in [-0.15, -0.1) is 0 Å². The zero-order valence-corrected chi connectivity index (χ0v) is 25.6. The van der Waals surface area contributed by atoms with Crippen molar-refractivity contribution in [1.29, 1.82) is 0 Å². The van der Waals surface area contributed by atoms with Crippen LogP contribution in [0.1, 0.15) is 56.7 Å². The molecule has 0 heterocycles. The number of ether oxygens (including phenoxy) is 1. The molecule has 3 aromatic rings. The lowest BCUT2D eigenvalue weighted by Crippen LogP contribution is -2.51. The fraction of sp³-hybridized carbons (Fsp3) is 0.375. The summed E-state index contributed by atoms with van der Waals surface area (Å²) in [6, 6.07) is 20.1. The van der Waals surface area contributed by atoms with E-state index in [0.717, 1.165) is 27.4 Å². The number of anilines is 1. The molecule has 1 atom stereocenters. The Bertz CT molecular complexity index is 1400. The Kier molecular flexibility index (Phi) is 10.9. The standard InChI is InChI=1S/C32H41N3O5S/c1-7-20-33-32(37)25(5)34(21-26-10-16-29(40-6)17-11-26)31(36)22-35(28-14-12-27(13-15-28)23(2)3)41(38,39)30-18-8-24(4)9-19-30/h8-19,23,25H,7,20-22H2,1-6H3,(H,33,37)/t25-/m1/s1. The van der Waals surface area contributed by atoms with Crippen molar-refractivity contribution in [2.75, 3.05) is 24.5 Å². The van der Waals surface area contributed by atoms with Crippen LogP contribution in [-0.2, 0) is 26.2 Å². The molecule has 8 nitrogen and oxygen atoms in total. The zero-order valence-electron chi connectivity index (χ0n) is 24.8. The first-order valence-electron chi connectivity index (χ1n) is 13.9. The van der Waals surface area contributed by atoms with Gasteiger partial charge in [-0.1, -0.05) is 62.7 Å². The van der Waals surface area contributed by atoms with Gasteiger partial charge in [-0.3, -0.25) is 13.9 Å². The fourth-order valence-corrected chi connectivity index (χ4v) is 5.71. The number of benzene rings is 3. The molecule has 9 heteroatoms. The Labute approximate surface area is 244 Å². The number of methoxy groups -OCH3 is 1. The van der Waals surface area contributed by atoms with Crippen LogP contribution in [0.4, 0.5) is 5.69 Å². The second-order valence-corrected chi connectivity index (χ2v) is 12.3. The van der Waals surface area contributed by atoms with Crippen LogP contribution in [0.2, 0.25) is 0 Å². The number of sulfonamides is 1. The summed E-state index contributed by atoms with van der Waals surface area (Å²) >= 11 is 0. The fourth-order valence-electron chi connectivity index (χ4n) is 4.30. The first kappa shape index (κ1) is 31.7. The van der Waals surface area contributed by atoms with Gasteiger partial charge in [0.25, 0.3) is 10.0 Å². The first-order chi connectivity index (χ1) is 19.5. The maximum absolute atomic E-state index is 14.0. The van der Waals surface area contributed by atoms with Gasteiger partial charge in [0.2, 0.25) is 11.8 Å². The Hall–Kier alpha value is -3.85. The largest absolute Gasteiger partial charge is 0.497 e. The number of hydrogen-bond acceptors (Lipinski definition) is 5. The number of nitrogens with one attached hydrogen (secondary N) is 1. The number of carbonyl (C=O) groups is 2. The number of nitrogens with zero attached hydrogens (tertiary/aromatic N) is 2. The van der Waals surface area contributed by atoms with Gasteiger partial charge in [0.15, 0.2) is 0 Å². The molecule has 3 aromatic carbocycles. The van der Waals surface area contributed by atoms with Gasteiger partial charge in [-0.2, -0.15) is 0 Å². The van der Waals surface area contributed by atoms with Crippen LogP contribution in [-0.4, -0.2) is 51.4 Å². The number of carbonyl (C=O) groups excluding carboxylic acids is 2. The van der Waals surface area contributed by atoms with E-state index in [9.17, 15) is 18.0 Å². The summed E-state index contributed by atoms with van der Waals surface area (Å²) in [6.07, 6.45) is 0.750. The molecule has 41 heavy (non-hydrogen) atoms. The lowest BCUT2D eigenvalue weighted by Gasteiger charge is -2.32. The molecule has 1 N–H and O–H groups in total. The molecule has 220 valence electrons. The van der Waals surface area contributed by atoms with E-state index < -0.39 is 28.5 Å². The summed E-state index contributed by atoms with van der Waals surface area (Å²) in [7, 11) is -2.53. The third kappa shape index (κ3) is 8.10. The minimum atomic E-state index is -4.11. The minimum Gasteiger partial charge on any atom is -0.497 e. The topological polar surface area (TPSA) is 96.0 Å². The lowest BCUT2D eigenvalue weighted by atomic mass is 10.0. The van der Waals surface area contributed by atoms with Crippen molar-refractivity contribution in [3.05, 3.63) is 89.5 Å². The van der Waals surface area contributed by atoms with Gasteiger partial charge in [0.05, 0.1) is 17.7 Å². The molecule has 0 bridgehead atoms. The normalized spacial score (nSPS) is 12.1. The van der Waals surface area contributed by atoms with Crippen LogP contribution >= 0.6 is 0 Å². The summed E-state index contributed by atoms with van der Waals surface area (Å²) in [5.74, 6) is 0.127. The quantitative estimate of drug-likeness (QED) is 0.298. The van der Waals surface area contributed by atoms with Crippen molar-refractivity contribution < 1.29 is 22.7 Å². The second-order valence-electron chi connectivity index (χ2n) is 10.4. The van der Waals surface area contributed by atoms with Crippen molar-refractivity contribution in [1.82, 2.24) is 10.2 Å². The van der Waals surface area contributed by atoms with E-state index >= 15 is 0 Å². The highest BCUT2D eigenvalue weighted by Crippen LogP contribution is 2.27. The minimum absolute atomic E-state index is 0.0827. The average Bonchev–Trinajstić information content (AvgIpc) is 2.97. The van der Waals surface area contributed by atoms with Crippen molar-refractivity contribution in [2.24, 2.45) is 0 Å². The molecule has 0 spiro atoms. The summed E-state index contributed by atoms with van der Waals surface area (Å²) in [5, 5.41) is 2.85. The van der Waals surface area contributed by atoms with Crippen LogP contribution in [0, 0.1) is 6.92 Å². The first-order valence-corrected chi connectivity index (χ1v) is 15.3. The molecule has 0 aliphatic carbocycles. The van der Waals surface area contributed by atoms with Crippen LogP contribution in [0.15, 0.2) is 77.7 Å². The number of hydrogen-bond donors (Lipinski definition) is 1. The molecule has 0 aliphatic heterocycles. The molecule has 0 aliphatic rings. The Morgan fingerprint density at radius 2 is 1.51 bits per heavy atom. The zero-order chi connectivity index (χ0) is 30.2. The molecule has 3 rings (SSSR count). The predicted molar refractivity (Wildman–Crippen MR) is 163 cm³/mol. The molecular weight excluding hydrogens is 538 g/mol. The number of amides is 2. The smallest absolute Gasteiger partial charge is 0.264 e. The van der Waals surface area contributed by atoms with E-state index in [-0.39, 0.29) is 23.3 Å². The van der Waals surface area contributed by atoms with Crippen LogP contribution in [0.25, 0.3) is 0 Å². The van der Waals surface area contributed by atoms with Gasteiger partial charge < -0.3 is 15.0 Å². The summed E-state index contributed by atoms with van der Waals surface area (Å²) in [5.41, 5.74) is 3.12. The summed E-state index contributed by atoms with van der Waals surface area (Å²) in [4.78, 5) is 28.5. The Morgan fingerprint density at radius 3 is 2.05 bits per heavy atom. The third-order valence-corrected chi connectivity index (χ3v) is 8.75. The van der Waals surface area contributed by atoms with E-state index in [1.54, 1.807) is 62.6 Å². The third-order valence-electron chi connectivity index (χ3n) is 6.96. The molecular formula is C32H41N3O5S. The van der Waals surface area contributed by atoms with Crippen LogP contribution < -0.4 is 14.4 Å². The van der Waals surface area contributed by atoms with Gasteiger partial charge >= 0.3 is 0 Å². The highest BCUT2D eigenvalue weighted by Gasteiger charge is 2.32. The molecule has 2 amide bonds. The van der Waals surface area contributed by atoms with Crippen molar-refractivity contribution in [3.8, 4) is 5.75 Å². The Balaban J connectivity index is 2.02. The maximum Gasteiger partial charge on any atom is 0.264 e. The highest BCUT2D eigenvalue weighted by atomic mass is 32.2. The number of rotatable bonds is 13.